The van der Waals surface area contributed by atoms with Crippen molar-refractivity contribution in [2.45, 2.75) is 12.8 Å². The first-order chi connectivity index (χ1) is 11.2. The van der Waals surface area contributed by atoms with Crippen molar-refractivity contribution in [2.75, 3.05) is 65.9 Å². The van der Waals surface area contributed by atoms with Gasteiger partial charge in [0.15, 0.2) is 0 Å². The molecule has 0 saturated heterocycles. The Morgan fingerprint density at radius 2 is 0.840 bits per heavy atom. The van der Waals surface area contributed by atoms with Crippen molar-refractivity contribution >= 4 is 36.8 Å². The van der Waals surface area contributed by atoms with Crippen LogP contribution in [-0.4, -0.2) is 77.9 Å². The Morgan fingerprint density at radius 3 is 1.12 bits per heavy atom. The zero-order valence-corrected chi connectivity index (χ0v) is 15.9. The second-order valence-electron chi connectivity index (χ2n) is 4.36. The van der Waals surface area contributed by atoms with Crippen LogP contribution in [0.5, 0.6) is 0 Å². The fourth-order valence-electron chi connectivity index (χ4n) is 1.35. The van der Waals surface area contributed by atoms with Crippen LogP contribution in [0.4, 0.5) is 0 Å². The summed E-state index contributed by atoms with van der Waals surface area (Å²) < 4.78 is 25.4. The zero-order valence-electron chi connectivity index (χ0n) is 14.3. The van der Waals surface area contributed by atoms with E-state index in [-0.39, 0.29) is 75.9 Å². The van der Waals surface area contributed by atoms with Gasteiger partial charge in [0.2, 0.25) is 0 Å². The number of hydrogen-bond acceptors (Lipinski definition) is 9. The maximum absolute atomic E-state index is 11.0. The summed E-state index contributed by atoms with van der Waals surface area (Å²) in [4.78, 5) is 21.9. The quantitative estimate of drug-likeness (QED) is 0.260. The third kappa shape index (κ3) is 23.3. The molecule has 0 spiro atoms. The molecule has 11 heteroatoms. The summed E-state index contributed by atoms with van der Waals surface area (Å²) in [5.74, 6) is -0.642. The number of esters is 2. The van der Waals surface area contributed by atoms with Crippen LogP contribution in [0.25, 0.3) is 0 Å². The lowest BCUT2D eigenvalue weighted by Gasteiger charge is -2.08. The molecule has 4 N–H and O–H groups in total. The van der Waals surface area contributed by atoms with Crippen molar-refractivity contribution in [3.8, 4) is 0 Å². The highest BCUT2D eigenvalue weighted by Crippen LogP contribution is 1.87. The van der Waals surface area contributed by atoms with Crippen molar-refractivity contribution in [3.05, 3.63) is 0 Å². The number of hydrogen-bond donors (Lipinski definition) is 2. The molecule has 0 aliphatic heterocycles. The minimum absolute atomic E-state index is 0. The monoisotopic (exact) mass is 408 g/mol. The fraction of sp³-hybridized carbons (Fsp3) is 0.857. The minimum Gasteiger partial charge on any atom is -0.463 e. The maximum atomic E-state index is 11.0. The molecule has 152 valence electrons. The van der Waals surface area contributed by atoms with Crippen LogP contribution in [0, 0.1) is 0 Å². The lowest BCUT2D eigenvalue weighted by Crippen LogP contribution is -2.16. The van der Waals surface area contributed by atoms with Crippen molar-refractivity contribution in [1.82, 2.24) is 0 Å². The molecule has 0 saturated carbocycles. The van der Waals surface area contributed by atoms with Gasteiger partial charge in [-0.05, 0) is 0 Å². The third-order valence-corrected chi connectivity index (χ3v) is 2.42. The van der Waals surface area contributed by atoms with Crippen LogP contribution in [0.2, 0.25) is 0 Å². The predicted octanol–water partition coefficient (Wildman–Crippen LogP) is -0.336. The van der Waals surface area contributed by atoms with Gasteiger partial charge < -0.3 is 35.2 Å². The van der Waals surface area contributed by atoms with Crippen LogP contribution in [0.3, 0.4) is 0 Å². The Labute approximate surface area is 160 Å². The number of rotatable bonds is 16. The molecule has 0 radical (unpaired) electrons. The maximum Gasteiger partial charge on any atom is 0.307 e. The standard InChI is InChI=1S/C14H28N2O7.2ClH/c15-3-1-13(17)22-11-9-20-7-5-19-6-8-21-10-12-23-14(18)2-4-16;;/h1-12,15-16H2;2*1H. The van der Waals surface area contributed by atoms with E-state index >= 15 is 0 Å². The molecule has 0 unspecified atom stereocenters. The molecule has 0 fully saturated rings. The summed E-state index contributed by atoms with van der Waals surface area (Å²) in [5, 5.41) is 0. The van der Waals surface area contributed by atoms with Crippen LogP contribution < -0.4 is 11.5 Å². The fourth-order valence-corrected chi connectivity index (χ4v) is 1.35. The number of carbonyl (C=O) groups is 2. The molecular weight excluding hydrogens is 379 g/mol. The lowest BCUT2D eigenvalue weighted by atomic mass is 10.4. The summed E-state index contributed by atoms with van der Waals surface area (Å²) in [7, 11) is 0. The Hall–Kier alpha value is -0.680. The first kappa shape index (κ1) is 29.1. The molecule has 0 atom stereocenters. The van der Waals surface area contributed by atoms with E-state index < -0.39 is 0 Å². The van der Waals surface area contributed by atoms with Crippen LogP contribution in [0.1, 0.15) is 12.8 Å². The van der Waals surface area contributed by atoms with Gasteiger partial charge >= 0.3 is 11.9 Å². The van der Waals surface area contributed by atoms with E-state index in [4.69, 9.17) is 35.2 Å². The molecule has 25 heavy (non-hydrogen) atoms. The molecule has 0 aliphatic rings. The number of halogens is 2. The second kappa shape index (κ2) is 23.3. The average molecular weight is 409 g/mol. The average Bonchev–Trinajstić information content (AvgIpc) is 2.52. The third-order valence-electron chi connectivity index (χ3n) is 2.42. The smallest absolute Gasteiger partial charge is 0.307 e. The number of ether oxygens (including phenoxy) is 5. The van der Waals surface area contributed by atoms with Gasteiger partial charge in [-0.1, -0.05) is 0 Å². The summed E-state index contributed by atoms with van der Waals surface area (Å²) in [6.07, 6.45) is 0.435. The second-order valence-corrected chi connectivity index (χ2v) is 4.36. The highest BCUT2D eigenvalue weighted by Gasteiger charge is 2.01. The van der Waals surface area contributed by atoms with Gasteiger partial charge in [-0.15, -0.1) is 24.8 Å². The SMILES string of the molecule is Cl.Cl.NCCC(=O)OCCOCCOCCOCCOC(=O)CCN. The van der Waals surface area contributed by atoms with Gasteiger partial charge in [0.1, 0.15) is 13.2 Å². The van der Waals surface area contributed by atoms with E-state index in [0.29, 0.717) is 39.6 Å². The first-order valence-electron chi connectivity index (χ1n) is 7.65. The summed E-state index contributed by atoms with van der Waals surface area (Å²) in [5.41, 5.74) is 10.4. The normalized spacial score (nSPS) is 9.68. The summed E-state index contributed by atoms with van der Waals surface area (Å²) in [6.45, 7) is 3.30. The Kier molecular flexibility index (Phi) is 27.1. The van der Waals surface area contributed by atoms with Gasteiger partial charge in [0, 0.05) is 13.1 Å². The number of carbonyl (C=O) groups excluding carboxylic acids is 2. The molecule has 0 aromatic carbocycles. The van der Waals surface area contributed by atoms with Gasteiger partial charge in [-0.2, -0.15) is 0 Å². The molecule has 0 bridgehead atoms. The Balaban J connectivity index is -0.00000242. The van der Waals surface area contributed by atoms with E-state index in [1.54, 1.807) is 0 Å². The van der Waals surface area contributed by atoms with Crippen molar-refractivity contribution < 1.29 is 33.3 Å². The number of nitrogens with two attached hydrogens (primary N) is 2. The van der Waals surface area contributed by atoms with Gasteiger partial charge in [-0.3, -0.25) is 9.59 Å². The molecule has 0 amide bonds. The zero-order chi connectivity index (χ0) is 17.2. The molecule has 9 nitrogen and oxygen atoms in total. The lowest BCUT2D eigenvalue weighted by molar-refractivity contribution is -0.145. The Morgan fingerprint density at radius 1 is 0.560 bits per heavy atom. The van der Waals surface area contributed by atoms with E-state index in [9.17, 15) is 9.59 Å². The molecule has 0 aliphatic carbocycles. The molecular formula is C14H30Cl2N2O7. The van der Waals surface area contributed by atoms with E-state index in [2.05, 4.69) is 0 Å². The van der Waals surface area contributed by atoms with Crippen molar-refractivity contribution in [3.63, 3.8) is 0 Å². The molecule has 0 aromatic heterocycles. The topological polar surface area (TPSA) is 132 Å². The molecule has 0 aromatic rings. The van der Waals surface area contributed by atoms with E-state index in [1.165, 1.54) is 0 Å². The predicted molar refractivity (Wildman–Crippen MR) is 96.2 cm³/mol. The van der Waals surface area contributed by atoms with E-state index in [0.717, 1.165) is 0 Å². The van der Waals surface area contributed by atoms with Gasteiger partial charge in [0.05, 0.1) is 52.5 Å². The highest BCUT2D eigenvalue weighted by molar-refractivity contribution is 5.85. The van der Waals surface area contributed by atoms with Gasteiger partial charge in [-0.25, -0.2) is 0 Å². The molecule has 0 rings (SSSR count). The van der Waals surface area contributed by atoms with E-state index in [1.807, 2.05) is 0 Å². The van der Waals surface area contributed by atoms with Crippen LogP contribution in [-0.2, 0) is 33.3 Å². The Bertz CT molecular complexity index is 285. The molecule has 0 heterocycles. The first-order valence-corrected chi connectivity index (χ1v) is 7.65. The van der Waals surface area contributed by atoms with Crippen molar-refractivity contribution in [2.24, 2.45) is 11.5 Å². The largest absolute Gasteiger partial charge is 0.463 e. The minimum atomic E-state index is -0.321. The van der Waals surface area contributed by atoms with Crippen molar-refractivity contribution in [1.29, 1.82) is 0 Å². The highest BCUT2D eigenvalue weighted by atomic mass is 35.5. The van der Waals surface area contributed by atoms with Gasteiger partial charge in [0.25, 0.3) is 0 Å². The van der Waals surface area contributed by atoms with Crippen LogP contribution >= 0.6 is 24.8 Å². The summed E-state index contributed by atoms with van der Waals surface area (Å²) in [6, 6.07) is 0. The summed E-state index contributed by atoms with van der Waals surface area (Å²) >= 11 is 0. The van der Waals surface area contributed by atoms with Crippen LogP contribution in [0.15, 0.2) is 0 Å².